The molecule has 6 nitrogen and oxygen atoms in total. The van der Waals surface area contributed by atoms with E-state index in [1.165, 1.54) is 77.1 Å². The molecular formula is C18H28N6. The van der Waals surface area contributed by atoms with Crippen molar-refractivity contribution in [3.63, 3.8) is 0 Å². The van der Waals surface area contributed by atoms with E-state index in [2.05, 4.69) is 33.4 Å². The highest BCUT2D eigenvalue weighted by atomic mass is 15.4. The van der Waals surface area contributed by atoms with Gasteiger partial charge in [-0.2, -0.15) is 10.2 Å². The summed E-state index contributed by atoms with van der Waals surface area (Å²) in [5.74, 6) is 1.21. The van der Waals surface area contributed by atoms with E-state index in [9.17, 15) is 0 Å². The molecule has 0 aromatic carbocycles. The molecule has 8 aliphatic heterocycles. The molecule has 0 N–H and O–H groups in total. The van der Waals surface area contributed by atoms with Crippen LogP contribution in [-0.4, -0.2) is 96.7 Å². The van der Waals surface area contributed by atoms with Gasteiger partial charge < -0.3 is 0 Å². The third-order valence-corrected chi connectivity index (χ3v) is 7.28. The van der Waals surface area contributed by atoms with Crippen molar-refractivity contribution in [1.82, 2.24) is 19.6 Å². The van der Waals surface area contributed by atoms with Gasteiger partial charge in [-0.25, -0.2) is 0 Å². The van der Waals surface area contributed by atoms with E-state index in [-0.39, 0.29) is 10.8 Å². The normalized spacial score (nSPS) is 60.6. The minimum atomic E-state index is 0.225. The second kappa shape index (κ2) is 4.47. The zero-order valence-electron chi connectivity index (χ0n) is 14.9. The largest absolute Gasteiger partial charge is 0.289 e. The molecule has 8 fully saturated rings. The van der Waals surface area contributed by atoms with Gasteiger partial charge in [0.15, 0.2) is 0 Å². The molecule has 24 heavy (non-hydrogen) atoms. The summed E-state index contributed by atoms with van der Waals surface area (Å²) in [6, 6.07) is 0. The lowest BCUT2D eigenvalue weighted by Gasteiger charge is -2.59. The number of hydrogen-bond acceptors (Lipinski definition) is 6. The zero-order valence-corrected chi connectivity index (χ0v) is 14.9. The van der Waals surface area contributed by atoms with Crippen LogP contribution in [0.4, 0.5) is 0 Å². The van der Waals surface area contributed by atoms with Crippen molar-refractivity contribution in [3.8, 4) is 0 Å². The lowest BCUT2D eigenvalue weighted by atomic mass is 9.69. The molecule has 4 atom stereocenters. The standard InChI is InChI=1S/C18H28N6/c1-17-7-21-3-13(4-22(8-17)11-21)15(17)19-20-16-14-5-23-9-18(16,2)10-24(6-14)12-23/h13-14H,3-12H2,1-2H3/b19-15-,20-16+. The van der Waals surface area contributed by atoms with Gasteiger partial charge in [-0.1, -0.05) is 13.8 Å². The molecule has 0 aliphatic carbocycles. The summed E-state index contributed by atoms with van der Waals surface area (Å²) in [7, 11) is 0. The second-order valence-corrected chi connectivity index (χ2v) is 9.81. The molecule has 8 rings (SSSR count). The Morgan fingerprint density at radius 3 is 1.29 bits per heavy atom. The van der Waals surface area contributed by atoms with Crippen LogP contribution < -0.4 is 0 Å². The monoisotopic (exact) mass is 328 g/mol. The van der Waals surface area contributed by atoms with Crippen molar-refractivity contribution in [3.05, 3.63) is 0 Å². The quantitative estimate of drug-likeness (QED) is 0.646. The first-order valence-corrected chi connectivity index (χ1v) is 9.57. The fraction of sp³-hybridized carbons (Fsp3) is 0.889. The molecule has 130 valence electrons. The summed E-state index contributed by atoms with van der Waals surface area (Å²) in [5.41, 5.74) is 3.26. The molecule has 6 heteroatoms. The van der Waals surface area contributed by atoms with Gasteiger partial charge >= 0.3 is 0 Å². The Bertz CT molecular complexity index is 570. The van der Waals surface area contributed by atoms with Crippen molar-refractivity contribution >= 4 is 11.4 Å². The highest BCUT2D eigenvalue weighted by Crippen LogP contribution is 2.42. The zero-order chi connectivity index (χ0) is 16.1. The molecule has 0 aromatic heterocycles. The summed E-state index contributed by atoms with van der Waals surface area (Å²) in [6.45, 7) is 16.6. The Kier molecular flexibility index (Phi) is 2.67. The number of piperidine rings is 4. The Morgan fingerprint density at radius 2 is 1.00 bits per heavy atom. The topological polar surface area (TPSA) is 37.7 Å². The van der Waals surface area contributed by atoms with Gasteiger partial charge in [0.1, 0.15) is 0 Å². The molecule has 4 unspecified atom stereocenters. The van der Waals surface area contributed by atoms with Gasteiger partial charge in [-0.3, -0.25) is 19.6 Å². The molecule has 0 aromatic rings. The van der Waals surface area contributed by atoms with Crippen molar-refractivity contribution in [2.75, 3.05) is 65.7 Å². The van der Waals surface area contributed by atoms with Crippen molar-refractivity contribution in [2.45, 2.75) is 13.8 Å². The first kappa shape index (κ1) is 14.4. The summed E-state index contributed by atoms with van der Waals surface area (Å²) in [6.07, 6.45) is 0. The van der Waals surface area contributed by atoms with Crippen molar-refractivity contribution in [2.24, 2.45) is 32.9 Å². The van der Waals surface area contributed by atoms with Crippen LogP contribution in [0.1, 0.15) is 13.8 Å². The molecule has 8 saturated heterocycles. The second-order valence-electron chi connectivity index (χ2n) is 9.81. The van der Waals surface area contributed by atoms with Crippen LogP contribution in [0, 0.1) is 22.7 Å². The summed E-state index contributed by atoms with van der Waals surface area (Å²) >= 11 is 0. The summed E-state index contributed by atoms with van der Waals surface area (Å²) in [5, 5.41) is 10.00. The smallest absolute Gasteiger partial charge is 0.0546 e. The van der Waals surface area contributed by atoms with Crippen LogP contribution in [0.25, 0.3) is 0 Å². The fourth-order valence-electron chi connectivity index (χ4n) is 6.86. The SMILES string of the molecule is CC12CN3CC(CN(C3)C1)/C2=N/N=C1\C2CN3CN(C2)CC1(C)C3. The third-order valence-electron chi connectivity index (χ3n) is 7.28. The van der Waals surface area contributed by atoms with E-state index < -0.39 is 0 Å². The molecule has 8 aliphatic rings. The van der Waals surface area contributed by atoms with E-state index in [4.69, 9.17) is 10.2 Å². The molecule has 0 amide bonds. The van der Waals surface area contributed by atoms with Crippen molar-refractivity contribution in [1.29, 1.82) is 0 Å². The minimum absolute atomic E-state index is 0.225. The molecule has 8 bridgehead atoms. The van der Waals surface area contributed by atoms with Gasteiger partial charge in [-0.15, -0.1) is 0 Å². The van der Waals surface area contributed by atoms with E-state index in [1.54, 1.807) is 0 Å². The van der Waals surface area contributed by atoms with Gasteiger partial charge in [0.25, 0.3) is 0 Å². The van der Waals surface area contributed by atoms with E-state index in [0.717, 1.165) is 0 Å². The van der Waals surface area contributed by atoms with Crippen LogP contribution in [0.2, 0.25) is 0 Å². The highest BCUT2D eigenvalue weighted by molar-refractivity contribution is 5.98. The van der Waals surface area contributed by atoms with Gasteiger partial charge in [0, 0.05) is 75.0 Å². The lowest BCUT2D eigenvalue weighted by Crippen LogP contribution is -2.71. The Labute approximate surface area is 144 Å². The number of hydrogen-bond donors (Lipinski definition) is 0. The third kappa shape index (κ3) is 1.86. The van der Waals surface area contributed by atoms with Crippen molar-refractivity contribution < 1.29 is 0 Å². The van der Waals surface area contributed by atoms with Crippen LogP contribution in [0.5, 0.6) is 0 Å². The maximum absolute atomic E-state index is 5.00. The van der Waals surface area contributed by atoms with Gasteiger partial charge in [-0.05, 0) is 0 Å². The first-order valence-electron chi connectivity index (χ1n) is 9.57. The number of rotatable bonds is 1. The molecule has 0 radical (unpaired) electrons. The van der Waals surface area contributed by atoms with E-state index in [0.29, 0.717) is 11.8 Å². The summed E-state index contributed by atoms with van der Waals surface area (Å²) < 4.78 is 0. The lowest BCUT2D eigenvalue weighted by molar-refractivity contribution is -0.0447. The van der Waals surface area contributed by atoms with Gasteiger partial charge in [0.2, 0.25) is 0 Å². The van der Waals surface area contributed by atoms with E-state index in [1.807, 2.05) is 0 Å². The molecular weight excluding hydrogens is 300 g/mol. The van der Waals surface area contributed by atoms with Gasteiger partial charge in [0.05, 0.1) is 24.8 Å². The predicted octanol–water partition coefficient (Wildman–Crippen LogP) is 0.233. The molecule has 0 spiro atoms. The molecule has 8 heterocycles. The van der Waals surface area contributed by atoms with Crippen LogP contribution in [0.3, 0.4) is 0 Å². The average Bonchev–Trinajstić information content (AvgIpc) is 2.46. The Balaban J connectivity index is 1.36. The predicted molar refractivity (Wildman–Crippen MR) is 94.1 cm³/mol. The number of nitrogens with zero attached hydrogens (tertiary/aromatic N) is 6. The van der Waals surface area contributed by atoms with E-state index >= 15 is 0 Å². The molecule has 0 saturated carbocycles. The minimum Gasteiger partial charge on any atom is -0.289 e. The fourth-order valence-corrected chi connectivity index (χ4v) is 6.86. The Morgan fingerprint density at radius 1 is 0.667 bits per heavy atom. The Hall–Kier alpha value is -0.820. The van der Waals surface area contributed by atoms with Crippen LogP contribution >= 0.6 is 0 Å². The first-order chi connectivity index (χ1) is 11.5. The average molecular weight is 328 g/mol. The summed E-state index contributed by atoms with van der Waals surface area (Å²) in [4.78, 5) is 10.4. The highest BCUT2D eigenvalue weighted by Gasteiger charge is 2.53. The maximum Gasteiger partial charge on any atom is 0.0546 e. The maximum atomic E-state index is 5.00. The van der Waals surface area contributed by atoms with Crippen LogP contribution in [0.15, 0.2) is 10.2 Å². The van der Waals surface area contributed by atoms with Crippen LogP contribution in [-0.2, 0) is 0 Å².